The molecule has 0 saturated heterocycles. The van der Waals surface area contributed by atoms with Crippen LogP contribution in [0.25, 0.3) is 11.1 Å². The summed E-state index contributed by atoms with van der Waals surface area (Å²) in [4.78, 5) is 3.81. The number of aryl methyl sites for hydroxylation is 2. The van der Waals surface area contributed by atoms with Gasteiger partial charge in [-0.15, -0.1) is 0 Å². The zero-order valence-electron chi connectivity index (χ0n) is 67.0. The number of rotatable bonds is 18. The molecule has 0 aromatic heterocycles. The van der Waals surface area contributed by atoms with Crippen molar-refractivity contribution in [3.8, 4) is 16.9 Å². The lowest BCUT2D eigenvalue weighted by Crippen LogP contribution is -2.40. The van der Waals surface area contributed by atoms with Gasteiger partial charge >= 0.3 is 0 Å². The van der Waals surface area contributed by atoms with Crippen LogP contribution in [0.1, 0.15) is 151 Å². The van der Waals surface area contributed by atoms with Crippen molar-refractivity contribution < 1.29 is 40.6 Å². The third kappa shape index (κ3) is 13.3. The summed E-state index contributed by atoms with van der Waals surface area (Å²) in [5, 5.41) is 0. The van der Waals surface area contributed by atoms with Crippen LogP contribution in [-0.4, -0.2) is 30.7 Å². The summed E-state index contributed by atoms with van der Waals surface area (Å²) in [6, 6.07) is 20.7. The fourth-order valence-corrected chi connectivity index (χ4v) is 21.7. The maximum atomic E-state index is 18.3. The molecule has 592 valence electrons. The van der Waals surface area contributed by atoms with E-state index in [9.17, 15) is 8.78 Å². The van der Waals surface area contributed by atoms with Gasteiger partial charge in [0.15, 0.2) is 0 Å². The number of allylic oxidation sites excluding steroid dienone is 40. The van der Waals surface area contributed by atoms with Crippen LogP contribution in [0, 0.1) is 54.5 Å². The smallest absolute Gasteiger partial charge is 0.148 e. The van der Waals surface area contributed by atoms with Crippen molar-refractivity contribution >= 4 is 11.4 Å². The molecule has 15 aliphatic rings. The Hall–Kier alpha value is -11.0. The largest absolute Gasteiger partial charge is 0.490 e. The molecular weight excluding hydrogens is 1460 g/mol. The quantitative estimate of drug-likeness (QED) is 0.0928. The van der Waals surface area contributed by atoms with Crippen molar-refractivity contribution in [3.63, 3.8) is 0 Å². The third-order valence-corrected chi connectivity index (χ3v) is 27.3. The van der Waals surface area contributed by atoms with Gasteiger partial charge in [-0.25, -0.2) is 26.3 Å². The molecule has 0 N–H and O–H groups in total. The first-order chi connectivity index (χ1) is 56.9. The van der Waals surface area contributed by atoms with E-state index in [1.807, 2.05) is 52.3 Å². The molecule has 11 unspecified atom stereocenters. The molecule has 117 heavy (non-hydrogen) atoms. The number of fused-ring (bicyclic) bond motifs is 6. The zero-order valence-corrected chi connectivity index (χ0v) is 67.0. The highest BCUT2D eigenvalue weighted by Gasteiger charge is 2.57. The Morgan fingerprint density at radius 3 is 2.12 bits per heavy atom. The highest BCUT2D eigenvalue weighted by atomic mass is 19.2. The van der Waals surface area contributed by atoms with Crippen LogP contribution in [-0.2, 0) is 14.9 Å². The standard InChI is InChI=1S/C106H98F6N2O3/c1-7-67-21-41-79(42-22-67)115-81-45-29-71(30-46-81)105(93-53-63(3)17-19-65(93)5)91-15-11-9-13-83(91)85-49-37-75(55-95(85)105)113(101-61-97(109)89(59-99(101)111)69-25-33-73(107)34-26-69)77-39-51-87-88-52-40-78(58-104(88)117-103(87)57-77)114(102-62-98(110)90(60-100(102)112)70-27-35-74(108)36-28-70)76-38-50-86-84-14-10-12-16-92(84)106(96(86)56-76,94-54-64(4)18-20-66(94)6)72-31-47-82(48-32-72)116-80-43-23-68(8-2)24-44-80/h7-10,13-14,17-19,21-23,25,27-29,31-32,35-37,39-41,43,45,47,49,51-58,60-62,66,73,79,82,85,88,95,99,104H,1-2,11-12,15-16,20,24,26,30,33-34,38,42,44,46,48,50,59H2,3-6H3. The minimum atomic E-state index is -1.67. The number of hydrogen-bond donors (Lipinski definition) is 0. The molecular formula is C106H98F6N2O3. The third-order valence-electron chi connectivity index (χ3n) is 27.3. The zero-order chi connectivity index (χ0) is 80.1. The first-order valence-corrected chi connectivity index (χ1v) is 42.3. The molecule has 5 nitrogen and oxygen atoms in total. The highest BCUT2D eigenvalue weighted by molar-refractivity contribution is 5.78. The fraction of sp³-hybridized carbons (Fsp3) is 0.302. The minimum Gasteiger partial charge on any atom is -0.490 e. The van der Waals surface area contributed by atoms with E-state index >= 15 is 17.6 Å². The Labute approximate surface area is 684 Å². The predicted octanol–water partition coefficient (Wildman–Crippen LogP) is 27.2. The van der Waals surface area contributed by atoms with Crippen LogP contribution in [0.15, 0.2) is 368 Å². The normalized spacial score (nSPS) is 28.6. The van der Waals surface area contributed by atoms with Gasteiger partial charge in [-0.2, -0.15) is 0 Å². The van der Waals surface area contributed by atoms with Crippen LogP contribution in [0.2, 0.25) is 0 Å². The number of halogens is 6. The van der Waals surface area contributed by atoms with E-state index in [2.05, 4.69) is 187 Å². The van der Waals surface area contributed by atoms with E-state index in [0.717, 1.165) is 97.3 Å². The lowest BCUT2D eigenvalue weighted by molar-refractivity contribution is 0.146. The molecule has 0 radical (unpaired) electrons. The first kappa shape index (κ1) is 76.0. The molecule has 11 atom stereocenters. The van der Waals surface area contributed by atoms with Crippen molar-refractivity contribution in [2.45, 2.75) is 179 Å². The van der Waals surface area contributed by atoms with Gasteiger partial charge in [-0.1, -0.05) is 188 Å². The number of nitrogens with zero attached hydrogens (tertiary/aromatic N) is 2. The molecule has 4 aromatic carbocycles. The van der Waals surface area contributed by atoms with Gasteiger partial charge in [0, 0.05) is 101 Å². The topological polar surface area (TPSA) is 34.2 Å². The molecule has 0 saturated carbocycles. The second-order valence-corrected chi connectivity index (χ2v) is 34.2. The molecule has 0 bridgehead atoms. The van der Waals surface area contributed by atoms with Crippen molar-refractivity contribution in [2.75, 3.05) is 9.80 Å². The number of alkyl halides is 2. The van der Waals surface area contributed by atoms with Crippen molar-refractivity contribution in [1.29, 1.82) is 0 Å². The summed E-state index contributed by atoms with van der Waals surface area (Å²) in [5.74, 6) is -0.357. The summed E-state index contributed by atoms with van der Waals surface area (Å²) < 4.78 is 122. The average Bonchev–Trinajstić information content (AvgIpc) is 1.54. The SMILES string of the molecule is C=CC1=CCC(OC2=CC=C(C3(c4cc(C)ccc4C)C4=C(C=CCC4)C4C=CC(N(C5=CC(F)=C(C6=CCC(F)CC6)CC5F)c5ccc6c(c5)OC5C=C(N(C7=CC8=C(CC7)C7=C(CCC=C7)C8(C7=CCC(OC8=CC=C(C=C)CC8)C=C7)C7=CC(C)=CCC7C)c7cc(F)c(-c8ccc(F)cc8)cc7F)C=CC65)=CC43)CC2)C=C1. The van der Waals surface area contributed by atoms with Crippen LogP contribution in [0.3, 0.4) is 0 Å². The Morgan fingerprint density at radius 2 is 1.38 bits per heavy atom. The predicted molar refractivity (Wildman–Crippen MR) is 460 cm³/mol. The molecule has 1 aliphatic heterocycles. The van der Waals surface area contributed by atoms with Crippen LogP contribution >= 0.6 is 0 Å². The second kappa shape index (κ2) is 30.8. The summed E-state index contributed by atoms with van der Waals surface area (Å²) in [7, 11) is 0. The van der Waals surface area contributed by atoms with Gasteiger partial charge < -0.3 is 24.0 Å². The molecule has 0 spiro atoms. The molecule has 0 amide bonds. The van der Waals surface area contributed by atoms with E-state index in [1.165, 1.54) is 109 Å². The number of anilines is 2. The van der Waals surface area contributed by atoms with Gasteiger partial charge in [0.05, 0.1) is 28.3 Å². The van der Waals surface area contributed by atoms with E-state index < -0.39 is 52.6 Å². The fourth-order valence-electron chi connectivity index (χ4n) is 21.7. The van der Waals surface area contributed by atoms with Crippen molar-refractivity contribution in [3.05, 3.63) is 408 Å². The molecule has 0 fully saturated rings. The first-order valence-electron chi connectivity index (χ1n) is 42.3. The van der Waals surface area contributed by atoms with E-state index in [1.54, 1.807) is 6.08 Å². The highest BCUT2D eigenvalue weighted by Crippen LogP contribution is 2.67. The molecule has 11 heteroatoms. The van der Waals surface area contributed by atoms with Gasteiger partial charge in [-0.05, 0) is 261 Å². The monoisotopic (exact) mass is 1560 g/mol. The average molecular weight is 1560 g/mol. The summed E-state index contributed by atoms with van der Waals surface area (Å²) in [5.41, 5.74) is 22.1. The van der Waals surface area contributed by atoms with Crippen molar-refractivity contribution in [1.82, 2.24) is 0 Å². The molecule has 1 heterocycles. The number of hydrogen-bond acceptors (Lipinski definition) is 5. The summed E-state index contributed by atoms with van der Waals surface area (Å²) in [6.45, 7) is 16.9. The van der Waals surface area contributed by atoms with Gasteiger partial charge in [-0.3, -0.25) is 0 Å². The number of ether oxygens (including phenoxy) is 3. The van der Waals surface area contributed by atoms with Crippen molar-refractivity contribution in [2.24, 2.45) is 23.2 Å². The van der Waals surface area contributed by atoms with Crippen LogP contribution < -0.4 is 14.5 Å². The van der Waals surface area contributed by atoms with Gasteiger partial charge in [0.1, 0.15) is 59.7 Å². The van der Waals surface area contributed by atoms with E-state index in [4.69, 9.17) is 14.2 Å². The maximum Gasteiger partial charge on any atom is 0.148 e. The van der Waals surface area contributed by atoms with Gasteiger partial charge in [0.25, 0.3) is 0 Å². The molecule has 19 rings (SSSR count). The Balaban J connectivity index is 0.725. The summed E-state index contributed by atoms with van der Waals surface area (Å²) in [6.07, 6.45) is 64.9. The Morgan fingerprint density at radius 1 is 0.615 bits per heavy atom. The summed E-state index contributed by atoms with van der Waals surface area (Å²) >= 11 is 0. The van der Waals surface area contributed by atoms with Crippen LogP contribution in [0.4, 0.5) is 37.7 Å². The Bertz CT molecular complexity index is 5720. The molecule has 14 aliphatic carbocycles. The van der Waals surface area contributed by atoms with E-state index in [-0.39, 0.29) is 77.7 Å². The Kier molecular flexibility index (Phi) is 20.0. The second-order valence-electron chi connectivity index (χ2n) is 34.2. The lowest BCUT2D eigenvalue weighted by atomic mass is 9.58. The number of benzene rings is 4. The van der Waals surface area contributed by atoms with Crippen LogP contribution in [0.5, 0.6) is 5.75 Å². The van der Waals surface area contributed by atoms with E-state index in [0.29, 0.717) is 66.1 Å². The molecule has 4 aromatic rings. The minimum absolute atomic E-state index is 0.00616. The lowest BCUT2D eigenvalue weighted by Gasteiger charge is -2.45. The maximum absolute atomic E-state index is 18.3. The van der Waals surface area contributed by atoms with Gasteiger partial charge in [0.2, 0.25) is 0 Å².